The Labute approximate surface area is 227 Å². The van der Waals surface area contributed by atoms with Crippen molar-refractivity contribution >= 4 is 34.7 Å². The van der Waals surface area contributed by atoms with Gasteiger partial charge >= 0.3 is 0 Å². The van der Waals surface area contributed by atoms with Crippen molar-refractivity contribution < 1.29 is 4.39 Å². The number of rotatable bonds is 7. The largest absolute Gasteiger partial charge is 0.207 e. The second kappa shape index (κ2) is 10.9. The molecule has 0 aliphatic carbocycles. The third-order valence-electron chi connectivity index (χ3n) is 6.66. The summed E-state index contributed by atoms with van der Waals surface area (Å²) >= 11 is 0. The van der Waals surface area contributed by atoms with Gasteiger partial charge in [-0.15, -0.1) is 5.10 Å². The molecule has 0 atom stereocenters. The van der Waals surface area contributed by atoms with Crippen molar-refractivity contribution in [2.24, 2.45) is 0 Å². The highest BCUT2D eigenvalue weighted by atomic mass is 31.2. The van der Waals surface area contributed by atoms with Gasteiger partial charge in [0.2, 0.25) is 5.44 Å². The number of aromatic nitrogens is 4. The van der Waals surface area contributed by atoms with E-state index in [9.17, 15) is 4.39 Å². The van der Waals surface area contributed by atoms with Gasteiger partial charge in [0.15, 0.2) is 13.1 Å². The lowest BCUT2D eigenvalue weighted by atomic mass is 10.2. The van der Waals surface area contributed by atoms with Crippen LogP contribution in [0.3, 0.4) is 0 Å². The van der Waals surface area contributed by atoms with Gasteiger partial charge < -0.3 is 0 Å². The second-order valence-electron chi connectivity index (χ2n) is 9.01. The van der Waals surface area contributed by atoms with Gasteiger partial charge in [0.05, 0.1) is 0 Å². The van der Waals surface area contributed by atoms with Gasteiger partial charge in [-0.3, -0.25) is 0 Å². The lowest BCUT2D eigenvalue weighted by Crippen LogP contribution is -2.33. The first-order chi connectivity index (χ1) is 19.3. The molecule has 188 valence electrons. The molecule has 0 amide bonds. The molecule has 0 saturated heterocycles. The predicted octanol–water partition coefficient (Wildman–Crippen LogP) is 6.43. The third kappa shape index (κ3) is 4.69. The van der Waals surface area contributed by atoms with E-state index in [4.69, 9.17) is 0 Å². The molecule has 5 aromatic carbocycles. The van der Waals surface area contributed by atoms with Crippen LogP contribution in [0.25, 0.3) is 22.9 Å². The summed E-state index contributed by atoms with van der Waals surface area (Å²) < 4.78 is 15.8. The molecule has 39 heavy (non-hydrogen) atoms. The number of halogens is 1. The summed E-state index contributed by atoms with van der Waals surface area (Å²) in [6.07, 6.45) is 2.10. The molecule has 0 spiro atoms. The molecule has 6 heteroatoms. The van der Waals surface area contributed by atoms with E-state index in [1.165, 1.54) is 12.1 Å². The molecule has 6 aromatic rings. The summed E-state index contributed by atoms with van der Waals surface area (Å²) in [6.45, 7) is 0. The van der Waals surface area contributed by atoms with Crippen LogP contribution < -0.4 is 15.9 Å². The van der Waals surface area contributed by atoms with E-state index in [0.717, 1.165) is 32.5 Å². The summed E-state index contributed by atoms with van der Waals surface area (Å²) in [5.41, 5.74) is 2.68. The molecule has 4 nitrogen and oxygen atoms in total. The SMILES string of the molecule is Fc1ccc(/C=C(\n2nnnc2-c2ccccc2)[P+](c2ccccc2)(c2ccccc2)c2ccccc2)cc1. The Hall–Kier alpha value is -4.73. The number of nitrogens with zero attached hydrogens (tertiary/aromatic N) is 4. The lowest BCUT2D eigenvalue weighted by molar-refractivity contribution is 0.628. The summed E-state index contributed by atoms with van der Waals surface area (Å²) in [6, 6.07) is 48.1. The summed E-state index contributed by atoms with van der Waals surface area (Å²) in [5.74, 6) is 0.354. The molecule has 6 rings (SSSR count). The maximum absolute atomic E-state index is 14.0. The van der Waals surface area contributed by atoms with E-state index in [1.54, 1.807) is 12.1 Å². The van der Waals surface area contributed by atoms with Crippen LogP contribution in [0.1, 0.15) is 5.56 Å². The molecule has 0 N–H and O–H groups in total. The first-order valence-electron chi connectivity index (χ1n) is 12.6. The van der Waals surface area contributed by atoms with Crippen LogP contribution in [-0.2, 0) is 0 Å². The molecule has 0 unspecified atom stereocenters. The monoisotopic (exact) mass is 527 g/mol. The van der Waals surface area contributed by atoms with Gasteiger partial charge in [0, 0.05) is 11.6 Å². The first kappa shape index (κ1) is 24.6. The Bertz CT molecular complexity index is 1590. The minimum atomic E-state index is -2.59. The number of benzene rings is 5. The molecular weight excluding hydrogens is 502 g/mol. The number of hydrogen-bond acceptors (Lipinski definition) is 3. The Morgan fingerprint density at radius 3 is 1.54 bits per heavy atom. The highest BCUT2D eigenvalue weighted by molar-refractivity contribution is 8.03. The fraction of sp³-hybridized carbons (Fsp3) is 0. The minimum Gasteiger partial charge on any atom is -0.207 e. The van der Waals surface area contributed by atoms with Crippen LogP contribution in [0.15, 0.2) is 146 Å². The van der Waals surface area contributed by atoms with Crippen LogP contribution in [0.4, 0.5) is 4.39 Å². The van der Waals surface area contributed by atoms with Crippen molar-refractivity contribution in [3.63, 3.8) is 0 Å². The number of hydrogen-bond donors (Lipinski definition) is 0. The average molecular weight is 528 g/mol. The molecular formula is C33H25FN4P+. The highest BCUT2D eigenvalue weighted by Gasteiger charge is 2.52. The zero-order valence-electron chi connectivity index (χ0n) is 21.0. The molecule has 0 aliphatic heterocycles. The van der Waals surface area contributed by atoms with E-state index in [0.29, 0.717) is 5.82 Å². The summed E-state index contributed by atoms with van der Waals surface area (Å²) in [7, 11) is -2.59. The van der Waals surface area contributed by atoms with Crippen molar-refractivity contribution in [2.45, 2.75) is 0 Å². The van der Waals surface area contributed by atoms with Gasteiger partial charge in [-0.05, 0) is 64.5 Å². The zero-order valence-corrected chi connectivity index (χ0v) is 21.9. The minimum absolute atomic E-state index is 0.281. The maximum atomic E-state index is 14.0. The van der Waals surface area contributed by atoms with Crippen LogP contribution in [0.5, 0.6) is 0 Å². The van der Waals surface area contributed by atoms with Gasteiger partial charge in [0.1, 0.15) is 21.7 Å². The van der Waals surface area contributed by atoms with E-state index in [-0.39, 0.29) is 5.82 Å². The normalized spacial score (nSPS) is 11.9. The topological polar surface area (TPSA) is 43.6 Å². The van der Waals surface area contributed by atoms with Crippen molar-refractivity contribution in [2.75, 3.05) is 0 Å². The van der Waals surface area contributed by atoms with Gasteiger partial charge in [-0.2, -0.15) is 4.68 Å². The smallest absolute Gasteiger partial charge is 0.203 e. The van der Waals surface area contributed by atoms with Gasteiger partial charge in [-0.25, -0.2) is 4.39 Å². The van der Waals surface area contributed by atoms with Crippen LogP contribution in [0, 0.1) is 5.82 Å². The third-order valence-corrected chi connectivity index (χ3v) is 10.9. The molecule has 0 aliphatic rings. The van der Waals surface area contributed by atoms with Crippen LogP contribution in [-0.4, -0.2) is 20.2 Å². The van der Waals surface area contributed by atoms with E-state index < -0.39 is 7.26 Å². The fourth-order valence-corrected chi connectivity index (χ4v) is 9.22. The first-order valence-corrected chi connectivity index (χ1v) is 14.4. The Morgan fingerprint density at radius 1 is 0.590 bits per heavy atom. The molecule has 0 radical (unpaired) electrons. The van der Waals surface area contributed by atoms with Crippen molar-refractivity contribution in [3.8, 4) is 11.4 Å². The summed E-state index contributed by atoms with van der Waals surface area (Å²) in [5, 5.41) is 16.7. The Morgan fingerprint density at radius 2 is 1.05 bits per heavy atom. The van der Waals surface area contributed by atoms with Crippen molar-refractivity contribution in [3.05, 3.63) is 157 Å². The van der Waals surface area contributed by atoms with Gasteiger partial charge in [-0.1, -0.05) is 97.1 Å². The zero-order chi connectivity index (χ0) is 26.5. The predicted molar refractivity (Wildman–Crippen MR) is 159 cm³/mol. The van der Waals surface area contributed by atoms with Crippen LogP contribution in [0.2, 0.25) is 0 Å². The van der Waals surface area contributed by atoms with Crippen molar-refractivity contribution in [1.82, 2.24) is 20.2 Å². The fourth-order valence-electron chi connectivity index (χ4n) is 4.92. The van der Waals surface area contributed by atoms with Crippen LogP contribution >= 0.6 is 7.26 Å². The number of tetrazole rings is 1. The maximum Gasteiger partial charge on any atom is 0.203 e. The standard InChI is InChI=1S/C33H25FN4P/c34-28-23-21-26(22-24-28)25-32(38-33(35-36-37-38)27-13-5-1-6-14-27)39(29-15-7-2-8-16-29,30-17-9-3-10-18-30)31-19-11-4-12-20-31/h1-25H/q+1/b32-25+. The molecule has 1 aromatic heterocycles. The van der Waals surface area contributed by atoms with E-state index in [2.05, 4.69) is 94.4 Å². The second-order valence-corrected chi connectivity index (χ2v) is 12.4. The van der Waals surface area contributed by atoms with E-state index >= 15 is 0 Å². The molecule has 0 fully saturated rings. The average Bonchev–Trinajstić information content (AvgIpc) is 3.50. The Balaban J connectivity index is 1.76. The summed E-state index contributed by atoms with van der Waals surface area (Å²) in [4.78, 5) is 0. The lowest BCUT2D eigenvalue weighted by Gasteiger charge is -2.29. The molecule has 1 heterocycles. The van der Waals surface area contributed by atoms with Crippen molar-refractivity contribution in [1.29, 1.82) is 0 Å². The molecule has 0 bridgehead atoms. The van der Waals surface area contributed by atoms with Gasteiger partial charge in [0.25, 0.3) is 0 Å². The highest BCUT2D eigenvalue weighted by Crippen LogP contribution is 2.65. The quantitative estimate of drug-likeness (QED) is 0.225. The van der Waals surface area contributed by atoms with E-state index in [1.807, 2.05) is 53.2 Å². The Kier molecular flexibility index (Phi) is 6.90. The molecule has 0 saturated carbocycles.